The Hall–Kier alpha value is 0.293. The van der Waals surface area contributed by atoms with Crippen LogP contribution in [-0.2, 0) is 24.3 Å². The van der Waals surface area contributed by atoms with E-state index >= 15 is 0 Å². The van der Waals surface area contributed by atoms with E-state index < -0.39 is 0 Å². The molecule has 0 aromatic heterocycles. The molecule has 0 aromatic rings. The first-order chi connectivity index (χ1) is 2.83. The zero-order valence-corrected chi connectivity index (χ0v) is 6.29. The van der Waals surface area contributed by atoms with Crippen LogP contribution >= 0.6 is 0 Å². The van der Waals surface area contributed by atoms with Gasteiger partial charge in [0.2, 0.25) is 0 Å². The van der Waals surface area contributed by atoms with Gasteiger partial charge in [-0.15, -0.1) is 0 Å². The van der Waals surface area contributed by atoms with Gasteiger partial charge in [0, 0.05) is 0 Å². The van der Waals surface area contributed by atoms with Crippen molar-refractivity contribution in [2.75, 3.05) is 0 Å². The molecule has 2 heteroatoms. The zero-order chi connectivity index (χ0) is 5.41. The molecule has 0 bridgehead atoms. The van der Waals surface area contributed by atoms with Crippen molar-refractivity contribution < 1.29 is 24.3 Å². The van der Waals surface area contributed by atoms with Gasteiger partial charge in [0.1, 0.15) is 0 Å². The molecule has 45 valence electrons. The van der Waals surface area contributed by atoms with Crippen molar-refractivity contribution in [1.82, 2.24) is 0 Å². The maximum Gasteiger partial charge on any atom is 2.00 e. The molecule has 0 saturated heterocycles. The standard InChI is InChI=1S/C3H7.C2H3O.Rh/c1-3-2;1-2-3;/h1,3H2,2H3;1H3;/q2*-1;+2. The van der Waals surface area contributed by atoms with E-state index in [1.807, 2.05) is 6.92 Å². The Morgan fingerprint density at radius 1 is 1.71 bits per heavy atom. The van der Waals surface area contributed by atoms with Crippen LogP contribution in [0, 0.1) is 6.92 Å². The molecule has 1 nitrogen and oxygen atoms in total. The van der Waals surface area contributed by atoms with Gasteiger partial charge in [-0.05, 0) is 0 Å². The first kappa shape index (κ1) is 15.7. The molecule has 0 aliphatic heterocycles. The van der Waals surface area contributed by atoms with E-state index in [0.29, 0.717) is 0 Å². The molecule has 0 N–H and O–H groups in total. The molecule has 0 amide bonds. The van der Waals surface area contributed by atoms with E-state index in [9.17, 15) is 0 Å². The van der Waals surface area contributed by atoms with Crippen molar-refractivity contribution in [2.45, 2.75) is 20.3 Å². The molecule has 0 rings (SSSR count). The van der Waals surface area contributed by atoms with Crippen molar-refractivity contribution in [3.8, 4) is 0 Å². The minimum Gasteiger partial charge on any atom is -0.542 e. The van der Waals surface area contributed by atoms with Gasteiger partial charge in [-0.3, -0.25) is 6.29 Å². The SMILES string of the molecule is C[C-]=O.[CH2-]CC.[Rh+2]. The van der Waals surface area contributed by atoms with E-state index in [1.165, 1.54) is 13.2 Å². The van der Waals surface area contributed by atoms with Crippen molar-refractivity contribution in [2.24, 2.45) is 0 Å². The molecule has 0 saturated carbocycles. The van der Waals surface area contributed by atoms with Gasteiger partial charge in [-0.1, -0.05) is 6.92 Å². The van der Waals surface area contributed by atoms with Gasteiger partial charge >= 0.3 is 19.5 Å². The van der Waals surface area contributed by atoms with E-state index in [-0.39, 0.29) is 19.5 Å². The summed E-state index contributed by atoms with van der Waals surface area (Å²) < 4.78 is 0. The van der Waals surface area contributed by atoms with Crippen LogP contribution < -0.4 is 0 Å². The van der Waals surface area contributed by atoms with Gasteiger partial charge in [-0.2, -0.15) is 13.3 Å². The Bertz CT molecular complexity index is 22.0. The van der Waals surface area contributed by atoms with Crippen molar-refractivity contribution in [3.63, 3.8) is 0 Å². The predicted octanol–water partition coefficient (Wildman–Crippen LogP) is 1.34. The van der Waals surface area contributed by atoms with Crippen LogP contribution in [0.4, 0.5) is 0 Å². The molecule has 0 aromatic carbocycles. The largest absolute Gasteiger partial charge is 2.00 e. The van der Waals surface area contributed by atoms with Gasteiger partial charge in [0.05, 0.1) is 0 Å². The minimum atomic E-state index is 0. The Balaban J connectivity index is -0.0000000400. The van der Waals surface area contributed by atoms with E-state index in [2.05, 4.69) is 6.92 Å². The first-order valence-corrected chi connectivity index (χ1v) is 1.91. The fourth-order valence-electron chi connectivity index (χ4n) is 0. The summed E-state index contributed by atoms with van der Waals surface area (Å²) in [5, 5.41) is 0. The third kappa shape index (κ3) is 1350. The number of hydrogen-bond donors (Lipinski definition) is 0. The Labute approximate surface area is 58.2 Å². The molecular formula is C5H10ORh. The molecule has 0 aliphatic rings. The molecule has 7 heavy (non-hydrogen) atoms. The monoisotopic (exact) mass is 189 g/mol. The molecule has 0 aliphatic carbocycles. The summed E-state index contributed by atoms with van der Waals surface area (Å²) in [6.07, 6.45) is 2.50. The van der Waals surface area contributed by atoms with Crippen LogP contribution in [0.15, 0.2) is 0 Å². The third-order valence-electron chi connectivity index (χ3n) is 0. The third-order valence-corrected chi connectivity index (χ3v) is 0. The summed E-state index contributed by atoms with van der Waals surface area (Å²) in [4.78, 5) is 8.68. The number of carbonyl (C=O) groups excluding carboxylic acids is 1. The van der Waals surface area contributed by atoms with Gasteiger partial charge < -0.3 is 11.7 Å². The van der Waals surface area contributed by atoms with E-state index in [0.717, 1.165) is 6.42 Å². The van der Waals surface area contributed by atoms with Crippen LogP contribution in [-0.4, -0.2) is 6.29 Å². The molecule has 0 spiro atoms. The van der Waals surface area contributed by atoms with Crippen LogP contribution in [0.25, 0.3) is 0 Å². The van der Waals surface area contributed by atoms with E-state index in [4.69, 9.17) is 4.79 Å². The topological polar surface area (TPSA) is 17.1 Å². The molecule has 1 radical (unpaired) electrons. The van der Waals surface area contributed by atoms with Gasteiger partial charge in [0.25, 0.3) is 0 Å². The van der Waals surface area contributed by atoms with Crippen molar-refractivity contribution >= 4 is 6.29 Å². The summed E-state index contributed by atoms with van der Waals surface area (Å²) in [7, 11) is 0. The van der Waals surface area contributed by atoms with Crippen LogP contribution in [0.3, 0.4) is 0 Å². The molecule has 0 unspecified atom stereocenters. The normalized spacial score (nSPS) is 4.43. The minimum absolute atomic E-state index is 0. The van der Waals surface area contributed by atoms with Crippen LogP contribution in [0.1, 0.15) is 20.3 Å². The Kier molecular flexibility index (Phi) is 75.1. The maximum atomic E-state index is 8.68. The Morgan fingerprint density at radius 2 is 1.71 bits per heavy atom. The second kappa shape index (κ2) is 33.5. The summed E-state index contributed by atoms with van der Waals surface area (Å²) in [6.45, 7) is 6.82. The fourth-order valence-corrected chi connectivity index (χ4v) is 0. The Morgan fingerprint density at radius 3 is 1.71 bits per heavy atom. The quantitative estimate of drug-likeness (QED) is 0.415. The van der Waals surface area contributed by atoms with Gasteiger partial charge in [-0.25, -0.2) is 0 Å². The smallest absolute Gasteiger partial charge is 0.542 e. The second-order valence-electron chi connectivity index (χ2n) is 0.704. The zero-order valence-electron chi connectivity index (χ0n) is 4.66. The van der Waals surface area contributed by atoms with Gasteiger partial charge in [0.15, 0.2) is 0 Å². The van der Waals surface area contributed by atoms with Crippen molar-refractivity contribution in [3.05, 3.63) is 6.92 Å². The molecule has 0 fully saturated rings. The number of hydrogen-bond acceptors (Lipinski definition) is 1. The molecular weight excluding hydrogens is 179 g/mol. The summed E-state index contributed by atoms with van der Waals surface area (Å²) >= 11 is 0. The predicted molar refractivity (Wildman–Crippen MR) is 27.0 cm³/mol. The second-order valence-corrected chi connectivity index (χ2v) is 0.704. The average Bonchev–Trinajstić information content (AvgIpc) is 1.39. The number of rotatable bonds is 0. The molecule has 0 atom stereocenters. The van der Waals surface area contributed by atoms with Crippen LogP contribution in [0.5, 0.6) is 0 Å². The van der Waals surface area contributed by atoms with E-state index in [1.54, 1.807) is 0 Å². The maximum absolute atomic E-state index is 8.68. The van der Waals surface area contributed by atoms with Crippen molar-refractivity contribution in [1.29, 1.82) is 0 Å². The summed E-state index contributed by atoms with van der Waals surface area (Å²) in [5.74, 6) is 0. The molecule has 0 heterocycles. The fraction of sp³-hybridized carbons (Fsp3) is 0.600. The summed E-state index contributed by atoms with van der Waals surface area (Å²) in [5.41, 5.74) is 0. The first-order valence-electron chi connectivity index (χ1n) is 1.91. The van der Waals surface area contributed by atoms with Crippen LogP contribution in [0.2, 0.25) is 0 Å². The summed E-state index contributed by atoms with van der Waals surface area (Å²) in [6, 6.07) is 0. The average molecular weight is 189 g/mol.